The molecule has 0 saturated carbocycles. The van der Waals surface area contributed by atoms with Crippen molar-refractivity contribution < 1.29 is 4.79 Å². The summed E-state index contributed by atoms with van der Waals surface area (Å²) in [5, 5.41) is 0. The van der Waals surface area contributed by atoms with Crippen LogP contribution in [0.1, 0.15) is 194 Å². The Labute approximate surface area is 228 Å². The summed E-state index contributed by atoms with van der Waals surface area (Å²) in [4.78, 5) is 13.7. The van der Waals surface area contributed by atoms with Gasteiger partial charge in [0.15, 0.2) is 0 Å². The van der Waals surface area contributed by atoms with Crippen LogP contribution in [0.4, 0.5) is 4.79 Å². The molecule has 36 heavy (non-hydrogen) atoms. The predicted octanol–water partition coefficient (Wildman–Crippen LogP) is 11.3. The van der Waals surface area contributed by atoms with Gasteiger partial charge in [-0.15, -0.1) is 0 Å². The molecule has 0 rings (SSSR count). The molecule has 0 atom stereocenters. The van der Waals surface area contributed by atoms with Crippen molar-refractivity contribution in [3.8, 4) is 0 Å². The van der Waals surface area contributed by atoms with Crippen LogP contribution in [0.15, 0.2) is 0 Å². The maximum atomic E-state index is 11.8. The number of carbonyl (C=O) groups excluding carboxylic acids is 1. The molecule has 3 nitrogen and oxygen atoms in total. The number of hydrogen-bond acceptors (Lipinski definition) is 1. The third-order valence-electron chi connectivity index (χ3n) is 7.87. The normalized spacial score (nSPS) is 11.3. The van der Waals surface area contributed by atoms with Crippen molar-refractivity contribution in [1.82, 2.24) is 4.90 Å². The number of amides is 2. The SMILES string of the molecule is CCCCCCCCCCCCCCCCN(CCCCCCCCCCCCCCCC)C(N)=O. The molecule has 0 spiro atoms. The lowest BCUT2D eigenvalue weighted by Crippen LogP contribution is -2.37. The minimum absolute atomic E-state index is 0.223. The topological polar surface area (TPSA) is 46.3 Å². The first-order valence-electron chi connectivity index (χ1n) is 16.8. The van der Waals surface area contributed by atoms with Crippen LogP contribution in [-0.4, -0.2) is 24.0 Å². The van der Waals surface area contributed by atoms with Crippen LogP contribution in [0.25, 0.3) is 0 Å². The number of unbranched alkanes of at least 4 members (excludes halogenated alkanes) is 26. The van der Waals surface area contributed by atoms with E-state index in [0.29, 0.717) is 0 Å². The van der Waals surface area contributed by atoms with Crippen LogP contribution in [0, 0.1) is 0 Å². The Hall–Kier alpha value is -0.730. The van der Waals surface area contributed by atoms with E-state index in [1.165, 1.54) is 167 Å². The lowest BCUT2D eigenvalue weighted by Gasteiger charge is -2.20. The molecule has 0 unspecified atom stereocenters. The average Bonchev–Trinajstić information content (AvgIpc) is 2.87. The summed E-state index contributed by atoms with van der Waals surface area (Å²) in [7, 11) is 0. The van der Waals surface area contributed by atoms with Crippen LogP contribution in [0.3, 0.4) is 0 Å². The Morgan fingerprint density at radius 1 is 0.389 bits per heavy atom. The van der Waals surface area contributed by atoms with Crippen molar-refractivity contribution in [3.63, 3.8) is 0 Å². The first-order valence-corrected chi connectivity index (χ1v) is 16.8. The third kappa shape index (κ3) is 27.9. The molecule has 0 bridgehead atoms. The Bertz CT molecular complexity index is 394. The maximum Gasteiger partial charge on any atom is 0.314 e. The van der Waals surface area contributed by atoms with E-state index in [9.17, 15) is 4.79 Å². The number of primary amides is 1. The van der Waals surface area contributed by atoms with Gasteiger partial charge in [0, 0.05) is 13.1 Å². The van der Waals surface area contributed by atoms with E-state index in [1.54, 1.807) is 0 Å². The Morgan fingerprint density at radius 2 is 0.583 bits per heavy atom. The summed E-state index contributed by atoms with van der Waals surface area (Å²) in [6.07, 6.45) is 38.3. The zero-order chi connectivity index (χ0) is 26.4. The molecule has 0 aliphatic heterocycles. The van der Waals surface area contributed by atoms with Crippen LogP contribution < -0.4 is 5.73 Å². The number of nitrogens with zero attached hydrogens (tertiary/aromatic N) is 1. The summed E-state index contributed by atoms with van der Waals surface area (Å²) in [6, 6.07) is -0.223. The summed E-state index contributed by atoms with van der Waals surface area (Å²) in [5.41, 5.74) is 5.63. The lowest BCUT2D eigenvalue weighted by molar-refractivity contribution is 0.204. The molecular formula is C33H68N2O. The van der Waals surface area contributed by atoms with E-state index >= 15 is 0 Å². The van der Waals surface area contributed by atoms with E-state index in [2.05, 4.69) is 13.8 Å². The maximum absolute atomic E-state index is 11.8. The van der Waals surface area contributed by atoms with Gasteiger partial charge in [0.25, 0.3) is 0 Å². The first-order chi connectivity index (χ1) is 17.7. The van der Waals surface area contributed by atoms with Gasteiger partial charge in [-0.05, 0) is 12.8 Å². The van der Waals surface area contributed by atoms with Crippen LogP contribution in [0.2, 0.25) is 0 Å². The Balaban J connectivity index is 3.39. The van der Waals surface area contributed by atoms with Crippen molar-refractivity contribution in [3.05, 3.63) is 0 Å². The fourth-order valence-corrected chi connectivity index (χ4v) is 5.33. The van der Waals surface area contributed by atoms with E-state index in [1.807, 2.05) is 4.90 Å². The van der Waals surface area contributed by atoms with Gasteiger partial charge in [0.05, 0.1) is 0 Å². The van der Waals surface area contributed by atoms with Gasteiger partial charge in [0.1, 0.15) is 0 Å². The van der Waals surface area contributed by atoms with Crippen molar-refractivity contribution in [2.24, 2.45) is 5.73 Å². The molecule has 2 N–H and O–H groups in total. The second kappa shape index (κ2) is 30.5. The molecule has 0 fully saturated rings. The fraction of sp³-hybridized carbons (Fsp3) is 0.970. The summed E-state index contributed by atoms with van der Waals surface area (Å²) in [5.74, 6) is 0. The molecular weight excluding hydrogens is 440 g/mol. The first kappa shape index (κ1) is 35.3. The largest absolute Gasteiger partial charge is 0.351 e. The minimum atomic E-state index is -0.223. The average molecular weight is 509 g/mol. The zero-order valence-corrected chi connectivity index (χ0v) is 25.1. The molecule has 3 heteroatoms. The van der Waals surface area contributed by atoms with Crippen molar-refractivity contribution in [1.29, 1.82) is 0 Å². The highest BCUT2D eigenvalue weighted by molar-refractivity contribution is 5.71. The zero-order valence-electron chi connectivity index (χ0n) is 25.1. The highest BCUT2D eigenvalue weighted by Crippen LogP contribution is 2.15. The molecule has 0 radical (unpaired) electrons. The molecule has 0 aromatic carbocycles. The number of carbonyl (C=O) groups is 1. The molecule has 0 saturated heterocycles. The van der Waals surface area contributed by atoms with Gasteiger partial charge in [-0.2, -0.15) is 0 Å². The van der Waals surface area contributed by atoms with Crippen molar-refractivity contribution >= 4 is 6.03 Å². The molecule has 0 aromatic heterocycles. The van der Waals surface area contributed by atoms with Crippen molar-refractivity contribution in [2.75, 3.05) is 13.1 Å². The summed E-state index contributed by atoms with van der Waals surface area (Å²) in [6.45, 7) is 6.28. The quantitative estimate of drug-likeness (QED) is 0.0963. The summed E-state index contributed by atoms with van der Waals surface area (Å²) < 4.78 is 0. The molecule has 0 aliphatic rings. The Morgan fingerprint density at radius 3 is 0.778 bits per heavy atom. The third-order valence-corrected chi connectivity index (χ3v) is 7.87. The van der Waals surface area contributed by atoms with Crippen LogP contribution in [-0.2, 0) is 0 Å². The van der Waals surface area contributed by atoms with Gasteiger partial charge in [0.2, 0.25) is 0 Å². The number of urea groups is 1. The number of nitrogens with two attached hydrogens (primary N) is 1. The fourth-order valence-electron chi connectivity index (χ4n) is 5.33. The van der Waals surface area contributed by atoms with E-state index < -0.39 is 0 Å². The molecule has 0 aliphatic carbocycles. The summed E-state index contributed by atoms with van der Waals surface area (Å²) >= 11 is 0. The highest BCUT2D eigenvalue weighted by atomic mass is 16.2. The second-order valence-corrected chi connectivity index (χ2v) is 11.5. The standard InChI is InChI=1S/C33H68N2O/c1-3-5-7-9-11-13-15-17-19-21-23-25-27-29-31-35(33(34)36)32-30-28-26-24-22-20-18-16-14-12-10-8-6-4-2/h3-32H2,1-2H3,(H2,34,36). The van der Waals surface area contributed by atoms with Gasteiger partial charge >= 0.3 is 6.03 Å². The minimum Gasteiger partial charge on any atom is -0.351 e. The van der Waals surface area contributed by atoms with E-state index in [-0.39, 0.29) is 6.03 Å². The highest BCUT2D eigenvalue weighted by Gasteiger charge is 2.08. The number of rotatable bonds is 30. The molecule has 2 amide bonds. The van der Waals surface area contributed by atoms with E-state index in [4.69, 9.17) is 5.73 Å². The van der Waals surface area contributed by atoms with Gasteiger partial charge < -0.3 is 10.6 Å². The second-order valence-electron chi connectivity index (χ2n) is 11.5. The monoisotopic (exact) mass is 509 g/mol. The predicted molar refractivity (Wildman–Crippen MR) is 162 cm³/mol. The lowest BCUT2D eigenvalue weighted by atomic mass is 10.0. The van der Waals surface area contributed by atoms with E-state index in [0.717, 1.165) is 25.9 Å². The van der Waals surface area contributed by atoms with Gasteiger partial charge in [-0.25, -0.2) is 4.79 Å². The molecule has 0 aromatic rings. The number of hydrogen-bond donors (Lipinski definition) is 1. The van der Waals surface area contributed by atoms with Crippen molar-refractivity contribution in [2.45, 2.75) is 194 Å². The van der Waals surface area contributed by atoms with Gasteiger partial charge in [-0.3, -0.25) is 0 Å². The molecule has 216 valence electrons. The smallest absolute Gasteiger partial charge is 0.314 e. The van der Waals surface area contributed by atoms with Crippen LogP contribution in [0.5, 0.6) is 0 Å². The Kier molecular flexibility index (Phi) is 29.9. The van der Waals surface area contributed by atoms with Crippen LogP contribution >= 0.6 is 0 Å². The molecule has 0 heterocycles. The van der Waals surface area contributed by atoms with Gasteiger partial charge in [-0.1, -0.05) is 181 Å².